The van der Waals surface area contributed by atoms with Gasteiger partial charge in [0.25, 0.3) is 0 Å². The minimum atomic E-state index is 0.978. The van der Waals surface area contributed by atoms with E-state index in [0.29, 0.717) is 0 Å². The number of fused-ring (bicyclic) bond motifs is 8. The maximum atomic E-state index is 4.81. The molecule has 0 saturated heterocycles. The van der Waals surface area contributed by atoms with Crippen LogP contribution in [0.15, 0.2) is 54.7 Å². The summed E-state index contributed by atoms with van der Waals surface area (Å²) in [6, 6.07) is 17.0. The molecule has 0 atom stereocenters. The summed E-state index contributed by atoms with van der Waals surface area (Å²) in [4.78, 5) is 10.4. The highest BCUT2D eigenvalue weighted by Gasteiger charge is 2.16. The van der Waals surface area contributed by atoms with Crippen molar-refractivity contribution in [1.82, 2.24) is 18.9 Å². The van der Waals surface area contributed by atoms with Crippen LogP contribution in [0.4, 0.5) is 0 Å². The number of thiophene rings is 1. The SMILES string of the molecule is Cn1c2cc3c(cc2n2c4ccccc4nc12)sc1ncccc13. The molecule has 6 rings (SSSR count). The first kappa shape index (κ1) is 12.5. The van der Waals surface area contributed by atoms with Crippen molar-refractivity contribution in [3.8, 4) is 0 Å². The van der Waals surface area contributed by atoms with Gasteiger partial charge in [0.15, 0.2) is 0 Å². The Bertz CT molecular complexity index is 1420. The molecule has 0 fully saturated rings. The van der Waals surface area contributed by atoms with Crippen LogP contribution in [0.25, 0.3) is 48.1 Å². The zero-order chi connectivity index (χ0) is 15.8. The Morgan fingerprint density at radius 2 is 1.83 bits per heavy atom. The molecule has 6 aromatic rings. The third-order valence-corrected chi connectivity index (χ3v) is 5.87. The van der Waals surface area contributed by atoms with Gasteiger partial charge in [-0.3, -0.25) is 4.40 Å². The average molecular weight is 328 g/mol. The first-order valence-corrected chi connectivity index (χ1v) is 8.66. The van der Waals surface area contributed by atoms with Crippen molar-refractivity contribution < 1.29 is 0 Å². The van der Waals surface area contributed by atoms with Crippen LogP contribution in [0.1, 0.15) is 0 Å². The monoisotopic (exact) mass is 328 g/mol. The summed E-state index contributed by atoms with van der Waals surface area (Å²) < 4.78 is 5.69. The van der Waals surface area contributed by atoms with E-state index >= 15 is 0 Å². The molecule has 0 saturated carbocycles. The van der Waals surface area contributed by atoms with Gasteiger partial charge in [0.2, 0.25) is 5.78 Å². The van der Waals surface area contributed by atoms with Crippen LogP contribution in [0.2, 0.25) is 0 Å². The number of nitrogens with zero attached hydrogens (tertiary/aromatic N) is 4. The summed E-state index contributed by atoms with van der Waals surface area (Å²) in [6.07, 6.45) is 1.86. The van der Waals surface area contributed by atoms with Gasteiger partial charge >= 0.3 is 0 Å². The molecule has 114 valence electrons. The Labute approximate surface area is 140 Å². The number of imidazole rings is 2. The van der Waals surface area contributed by atoms with Crippen LogP contribution in [-0.2, 0) is 7.05 Å². The van der Waals surface area contributed by atoms with E-state index in [0.717, 1.165) is 21.6 Å². The van der Waals surface area contributed by atoms with Crippen LogP contribution in [0, 0.1) is 0 Å². The quantitative estimate of drug-likeness (QED) is 0.403. The highest BCUT2D eigenvalue weighted by molar-refractivity contribution is 7.25. The molecule has 5 heteroatoms. The van der Waals surface area contributed by atoms with E-state index < -0.39 is 0 Å². The van der Waals surface area contributed by atoms with Gasteiger partial charge in [0.1, 0.15) is 4.83 Å². The molecule has 4 nitrogen and oxygen atoms in total. The van der Waals surface area contributed by atoms with Crippen LogP contribution in [-0.4, -0.2) is 18.9 Å². The molecule has 0 amide bonds. The van der Waals surface area contributed by atoms with Gasteiger partial charge in [-0.2, -0.15) is 0 Å². The first-order valence-electron chi connectivity index (χ1n) is 7.84. The van der Waals surface area contributed by atoms with E-state index in [4.69, 9.17) is 4.98 Å². The predicted octanol–water partition coefficient (Wildman–Crippen LogP) is 4.74. The Morgan fingerprint density at radius 1 is 0.917 bits per heavy atom. The highest BCUT2D eigenvalue weighted by Crippen LogP contribution is 2.36. The van der Waals surface area contributed by atoms with Gasteiger partial charge in [-0.05, 0) is 36.4 Å². The third-order valence-electron chi connectivity index (χ3n) is 4.79. The molecule has 0 N–H and O–H groups in total. The Balaban J connectivity index is 1.90. The minimum absolute atomic E-state index is 0.978. The molecule has 4 aromatic heterocycles. The molecular formula is C19H12N4S. The van der Waals surface area contributed by atoms with Crippen molar-refractivity contribution in [1.29, 1.82) is 0 Å². The number of hydrogen-bond acceptors (Lipinski definition) is 3. The van der Waals surface area contributed by atoms with Crippen molar-refractivity contribution in [3.63, 3.8) is 0 Å². The van der Waals surface area contributed by atoms with E-state index in [1.165, 1.54) is 26.5 Å². The Kier molecular flexibility index (Phi) is 2.15. The third kappa shape index (κ3) is 1.39. The van der Waals surface area contributed by atoms with Crippen LogP contribution >= 0.6 is 11.3 Å². The van der Waals surface area contributed by atoms with E-state index in [-0.39, 0.29) is 0 Å². The Hall–Kier alpha value is -2.92. The smallest absolute Gasteiger partial charge is 0.215 e. The summed E-state index contributed by atoms with van der Waals surface area (Å²) in [7, 11) is 2.09. The van der Waals surface area contributed by atoms with Crippen molar-refractivity contribution in [2.75, 3.05) is 0 Å². The van der Waals surface area contributed by atoms with Crippen molar-refractivity contribution in [3.05, 3.63) is 54.7 Å². The second kappa shape index (κ2) is 4.13. The zero-order valence-electron chi connectivity index (χ0n) is 12.9. The molecule has 0 unspecified atom stereocenters. The summed E-state index contributed by atoms with van der Waals surface area (Å²) in [6.45, 7) is 0. The fourth-order valence-corrected chi connectivity index (χ4v) is 4.72. The second-order valence-corrected chi connectivity index (χ2v) is 7.12. The lowest BCUT2D eigenvalue weighted by molar-refractivity contribution is 0.974. The predicted molar refractivity (Wildman–Crippen MR) is 99.9 cm³/mol. The number of benzene rings is 2. The van der Waals surface area contributed by atoms with E-state index in [2.05, 4.69) is 57.4 Å². The molecule has 0 spiro atoms. The van der Waals surface area contributed by atoms with Gasteiger partial charge in [0, 0.05) is 28.7 Å². The largest absolute Gasteiger partial charge is 0.313 e. The van der Waals surface area contributed by atoms with Gasteiger partial charge in [-0.25, -0.2) is 9.97 Å². The molecule has 4 heterocycles. The average Bonchev–Trinajstić information content (AvgIpc) is 3.24. The highest BCUT2D eigenvalue weighted by atomic mass is 32.1. The molecule has 0 aliphatic heterocycles. The summed E-state index contributed by atoms with van der Waals surface area (Å²) in [5.74, 6) is 0.978. The van der Waals surface area contributed by atoms with E-state index in [9.17, 15) is 0 Å². The van der Waals surface area contributed by atoms with Gasteiger partial charge in [-0.15, -0.1) is 11.3 Å². The second-order valence-electron chi connectivity index (χ2n) is 6.09. The van der Waals surface area contributed by atoms with Crippen molar-refractivity contribution in [2.24, 2.45) is 7.05 Å². The zero-order valence-corrected chi connectivity index (χ0v) is 13.7. The number of hydrogen-bond donors (Lipinski definition) is 0. The van der Waals surface area contributed by atoms with Gasteiger partial charge in [0.05, 0.1) is 22.1 Å². The topological polar surface area (TPSA) is 35.1 Å². The lowest BCUT2D eigenvalue weighted by Gasteiger charge is -1.98. The first-order chi connectivity index (χ1) is 11.8. The Morgan fingerprint density at radius 3 is 2.79 bits per heavy atom. The van der Waals surface area contributed by atoms with Crippen LogP contribution in [0.3, 0.4) is 0 Å². The molecule has 0 bridgehead atoms. The lowest BCUT2D eigenvalue weighted by Crippen LogP contribution is -1.87. The standard InChI is InChI=1S/C19H12N4S/c1-22-15-9-12-11-5-4-8-20-18(11)24-17(12)10-16(15)23-14-7-3-2-6-13(14)21-19(22)23/h2-10H,1H3. The molecule has 0 aliphatic carbocycles. The number of aryl methyl sites for hydroxylation is 1. The molecule has 0 radical (unpaired) electrons. The fraction of sp³-hybridized carbons (Fsp3) is 0.0526. The van der Waals surface area contributed by atoms with Crippen molar-refractivity contribution in [2.45, 2.75) is 0 Å². The van der Waals surface area contributed by atoms with Crippen molar-refractivity contribution >= 4 is 59.5 Å². The molecule has 24 heavy (non-hydrogen) atoms. The maximum absolute atomic E-state index is 4.81. The van der Waals surface area contributed by atoms with Crippen LogP contribution < -0.4 is 0 Å². The fourth-order valence-electron chi connectivity index (χ4n) is 3.67. The molecular weight excluding hydrogens is 316 g/mol. The maximum Gasteiger partial charge on any atom is 0.215 e. The lowest BCUT2D eigenvalue weighted by atomic mass is 10.2. The number of aromatic nitrogens is 4. The summed E-state index contributed by atoms with van der Waals surface area (Å²) in [5, 5.41) is 2.49. The van der Waals surface area contributed by atoms with Gasteiger partial charge in [-0.1, -0.05) is 12.1 Å². The van der Waals surface area contributed by atoms with E-state index in [1.807, 2.05) is 18.3 Å². The van der Waals surface area contributed by atoms with Gasteiger partial charge < -0.3 is 4.57 Å². The molecule has 0 aliphatic rings. The van der Waals surface area contributed by atoms with Crippen LogP contribution in [0.5, 0.6) is 0 Å². The molecule has 2 aromatic carbocycles. The normalized spacial score (nSPS) is 12.4. The number of pyridine rings is 1. The van der Waals surface area contributed by atoms with E-state index in [1.54, 1.807) is 11.3 Å². The summed E-state index contributed by atoms with van der Waals surface area (Å²) in [5.41, 5.74) is 4.57. The minimum Gasteiger partial charge on any atom is -0.313 e. The number of rotatable bonds is 0. The summed E-state index contributed by atoms with van der Waals surface area (Å²) >= 11 is 1.75. The number of para-hydroxylation sites is 2.